The topological polar surface area (TPSA) is 39.2 Å². The van der Waals surface area contributed by atoms with Crippen LogP contribution < -0.4 is 0 Å². The van der Waals surface area contributed by atoms with Crippen molar-refractivity contribution in [1.82, 2.24) is 4.98 Å². The van der Waals surface area contributed by atoms with Gasteiger partial charge >= 0.3 is 0 Å². The first-order valence-corrected chi connectivity index (χ1v) is 8.14. The van der Waals surface area contributed by atoms with E-state index in [4.69, 9.17) is 4.74 Å². The van der Waals surface area contributed by atoms with Gasteiger partial charge in [0.05, 0.1) is 12.1 Å². The van der Waals surface area contributed by atoms with E-state index >= 15 is 0 Å². The Balaban J connectivity index is 2.11. The molecule has 0 saturated carbocycles. The van der Waals surface area contributed by atoms with Gasteiger partial charge in [-0.2, -0.15) is 0 Å². The number of ketones is 1. The minimum absolute atomic E-state index is 0.0980. The Morgan fingerprint density at radius 1 is 1.29 bits per heavy atom. The van der Waals surface area contributed by atoms with E-state index in [1.54, 1.807) is 0 Å². The van der Waals surface area contributed by atoms with Gasteiger partial charge in [0, 0.05) is 17.6 Å². The molecule has 1 unspecified atom stereocenters. The molecule has 2 rings (SSSR count). The summed E-state index contributed by atoms with van der Waals surface area (Å²) < 4.78 is 5.63. The van der Waals surface area contributed by atoms with Crippen molar-refractivity contribution in [3.8, 4) is 11.3 Å². The Hall–Kier alpha value is -1.52. The highest BCUT2D eigenvalue weighted by Gasteiger charge is 2.32. The van der Waals surface area contributed by atoms with Crippen LogP contribution in [0.15, 0.2) is 35.7 Å². The number of rotatable bonds is 7. The molecule has 1 aromatic heterocycles. The van der Waals surface area contributed by atoms with E-state index in [2.05, 4.69) is 4.98 Å². The molecule has 0 aliphatic carbocycles. The molecule has 21 heavy (non-hydrogen) atoms. The van der Waals surface area contributed by atoms with Gasteiger partial charge in [0.25, 0.3) is 0 Å². The largest absolute Gasteiger partial charge is 0.368 e. The van der Waals surface area contributed by atoms with Gasteiger partial charge in [0.15, 0.2) is 5.78 Å². The molecule has 0 fully saturated rings. The first-order valence-electron chi connectivity index (χ1n) is 7.26. The Bertz CT molecular complexity index is 594. The molecule has 1 atom stereocenters. The van der Waals surface area contributed by atoms with E-state index in [1.807, 2.05) is 56.5 Å². The van der Waals surface area contributed by atoms with Crippen molar-refractivity contribution >= 4 is 17.1 Å². The summed E-state index contributed by atoms with van der Waals surface area (Å²) in [5.74, 6) is 0.0980. The van der Waals surface area contributed by atoms with Crippen LogP contribution in [0.2, 0.25) is 0 Å². The first kappa shape index (κ1) is 15.9. The molecule has 0 saturated heterocycles. The van der Waals surface area contributed by atoms with Gasteiger partial charge in [-0.05, 0) is 20.3 Å². The molecule has 0 aliphatic heterocycles. The van der Waals surface area contributed by atoms with Gasteiger partial charge in [-0.3, -0.25) is 4.79 Å². The van der Waals surface area contributed by atoms with E-state index < -0.39 is 5.60 Å². The fraction of sp³-hybridized carbons (Fsp3) is 0.412. The summed E-state index contributed by atoms with van der Waals surface area (Å²) in [5.41, 5.74) is 1.31. The number of hydrogen-bond acceptors (Lipinski definition) is 4. The predicted molar refractivity (Wildman–Crippen MR) is 86.6 cm³/mol. The lowest BCUT2D eigenvalue weighted by molar-refractivity contribution is -0.141. The van der Waals surface area contributed by atoms with Crippen molar-refractivity contribution in [3.05, 3.63) is 40.7 Å². The predicted octanol–water partition coefficient (Wildman–Crippen LogP) is 4.13. The molecule has 0 bridgehead atoms. The summed E-state index contributed by atoms with van der Waals surface area (Å²) in [4.78, 5) is 17.0. The van der Waals surface area contributed by atoms with Crippen LogP contribution in [-0.4, -0.2) is 23.0 Å². The van der Waals surface area contributed by atoms with Crippen molar-refractivity contribution in [1.29, 1.82) is 0 Å². The molecule has 0 N–H and O–H groups in total. The monoisotopic (exact) mass is 303 g/mol. The molecular weight excluding hydrogens is 282 g/mol. The summed E-state index contributed by atoms with van der Waals surface area (Å²) in [6.45, 7) is 6.30. The molecule has 1 aromatic carbocycles. The Labute approximate surface area is 130 Å². The van der Waals surface area contributed by atoms with Crippen LogP contribution in [0.1, 0.15) is 32.2 Å². The van der Waals surface area contributed by atoms with Gasteiger partial charge in [0.1, 0.15) is 10.6 Å². The van der Waals surface area contributed by atoms with E-state index in [9.17, 15) is 4.79 Å². The number of nitrogens with zero attached hydrogens (tertiary/aromatic N) is 1. The van der Waals surface area contributed by atoms with Gasteiger partial charge in [0.2, 0.25) is 0 Å². The van der Waals surface area contributed by atoms with Crippen LogP contribution in [0.3, 0.4) is 0 Å². The van der Waals surface area contributed by atoms with Crippen LogP contribution in [0, 0.1) is 0 Å². The third-order valence-corrected chi connectivity index (χ3v) is 4.51. The molecule has 0 aliphatic rings. The highest BCUT2D eigenvalue weighted by atomic mass is 32.1. The highest BCUT2D eigenvalue weighted by molar-refractivity contribution is 7.10. The van der Waals surface area contributed by atoms with E-state index in [-0.39, 0.29) is 5.78 Å². The molecule has 0 spiro atoms. The summed E-state index contributed by atoms with van der Waals surface area (Å²) in [7, 11) is 0. The molecule has 0 amide bonds. The fourth-order valence-corrected chi connectivity index (χ4v) is 2.96. The number of hydrogen-bond donors (Lipinski definition) is 0. The number of Topliss-reactive ketones (excluding diaryl/α,β-unsaturated/α-hetero) is 1. The van der Waals surface area contributed by atoms with Gasteiger partial charge in [-0.1, -0.05) is 37.3 Å². The third kappa shape index (κ3) is 3.77. The lowest BCUT2D eigenvalue weighted by Crippen LogP contribution is -2.39. The second kappa shape index (κ2) is 6.96. The Morgan fingerprint density at radius 2 is 2.00 bits per heavy atom. The van der Waals surface area contributed by atoms with E-state index in [1.165, 1.54) is 11.3 Å². The van der Waals surface area contributed by atoms with Crippen LogP contribution in [-0.2, 0) is 16.0 Å². The van der Waals surface area contributed by atoms with E-state index in [0.29, 0.717) is 19.4 Å². The summed E-state index contributed by atoms with van der Waals surface area (Å²) in [6.07, 6.45) is 1.01. The Kier molecular flexibility index (Phi) is 5.26. The number of benzene rings is 1. The molecular formula is C17H21NO2S. The number of ether oxygens (including phenoxy) is 1. The lowest BCUT2D eigenvalue weighted by atomic mass is 9.95. The zero-order valence-electron chi connectivity index (χ0n) is 12.8. The normalized spacial score (nSPS) is 13.9. The summed E-state index contributed by atoms with van der Waals surface area (Å²) >= 11 is 1.53. The number of thiazole rings is 1. The van der Waals surface area contributed by atoms with Gasteiger partial charge in [-0.25, -0.2) is 4.98 Å². The third-order valence-electron chi connectivity index (χ3n) is 3.66. The second-order valence-corrected chi connectivity index (χ2v) is 6.05. The quantitative estimate of drug-likeness (QED) is 0.772. The molecule has 0 radical (unpaired) electrons. The lowest BCUT2D eigenvalue weighted by Gasteiger charge is -2.26. The van der Waals surface area contributed by atoms with Crippen molar-refractivity contribution < 1.29 is 9.53 Å². The molecule has 3 nitrogen and oxygen atoms in total. The highest BCUT2D eigenvalue weighted by Crippen LogP contribution is 2.24. The average molecular weight is 303 g/mol. The maximum Gasteiger partial charge on any atom is 0.171 e. The number of carbonyl (C=O) groups excluding carboxylic acids is 1. The first-order chi connectivity index (χ1) is 10.1. The van der Waals surface area contributed by atoms with Crippen molar-refractivity contribution in [2.24, 2.45) is 0 Å². The van der Waals surface area contributed by atoms with Crippen LogP contribution in [0.5, 0.6) is 0 Å². The van der Waals surface area contributed by atoms with Crippen molar-refractivity contribution in [2.45, 2.75) is 39.2 Å². The zero-order valence-corrected chi connectivity index (χ0v) is 13.6. The van der Waals surface area contributed by atoms with Gasteiger partial charge in [-0.15, -0.1) is 11.3 Å². The van der Waals surface area contributed by atoms with Crippen LogP contribution >= 0.6 is 11.3 Å². The minimum atomic E-state index is -0.701. The molecule has 1 heterocycles. The Morgan fingerprint density at radius 3 is 2.62 bits per heavy atom. The maximum atomic E-state index is 12.4. The molecule has 2 aromatic rings. The molecule has 4 heteroatoms. The minimum Gasteiger partial charge on any atom is -0.368 e. The summed E-state index contributed by atoms with van der Waals surface area (Å²) in [5, 5.41) is 2.85. The SMILES string of the molecule is CCOC(C)(CC)C(=O)Cc1nc(-c2ccccc2)cs1. The number of aromatic nitrogens is 1. The van der Waals surface area contributed by atoms with Gasteiger partial charge < -0.3 is 4.74 Å². The van der Waals surface area contributed by atoms with Crippen LogP contribution in [0.25, 0.3) is 11.3 Å². The second-order valence-electron chi connectivity index (χ2n) is 5.11. The molecule has 112 valence electrons. The maximum absolute atomic E-state index is 12.4. The van der Waals surface area contributed by atoms with E-state index in [0.717, 1.165) is 16.3 Å². The standard InChI is InChI=1S/C17H21NO2S/c1-4-17(3,20-5-2)15(19)11-16-18-14(12-21-16)13-9-7-6-8-10-13/h6-10,12H,4-5,11H2,1-3H3. The summed E-state index contributed by atoms with van der Waals surface area (Å²) in [6, 6.07) is 10.0. The van der Waals surface area contributed by atoms with Crippen molar-refractivity contribution in [2.75, 3.05) is 6.61 Å². The van der Waals surface area contributed by atoms with Crippen LogP contribution in [0.4, 0.5) is 0 Å². The fourth-order valence-electron chi connectivity index (χ4n) is 2.16. The smallest absolute Gasteiger partial charge is 0.171 e. The zero-order chi connectivity index (χ0) is 15.3. The average Bonchev–Trinajstić information content (AvgIpc) is 2.96. The number of carbonyl (C=O) groups is 1. The van der Waals surface area contributed by atoms with Crippen molar-refractivity contribution in [3.63, 3.8) is 0 Å².